The Kier molecular flexibility index (Phi) is 2.69. The molecule has 0 aliphatic carbocycles. The monoisotopic (exact) mass is 208 g/mol. The maximum atomic E-state index is 5.55. The van der Waals surface area contributed by atoms with Crippen molar-refractivity contribution in [2.45, 2.75) is 17.3 Å². The smallest absolute Gasteiger partial charge is 0.195 e. The quantitative estimate of drug-likeness (QED) is 0.769. The van der Waals surface area contributed by atoms with Crippen LogP contribution in [0.5, 0.6) is 0 Å². The molecule has 0 bridgehead atoms. The fraction of sp³-hybridized carbons (Fsp3) is 0.333. The standard InChI is InChI=1S/C9H12N4S/c1-7(6-10)14-9-12-11-8-4-2-3-5-13(8)9/h2-5,7H,6,10H2,1H3. The van der Waals surface area contributed by atoms with Crippen LogP contribution in [0, 0.1) is 0 Å². The second-order valence-electron chi connectivity index (χ2n) is 3.08. The Morgan fingerprint density at radius 3 is 3.14 bits per heavy atom. The summed E-state index contributed by atoms with van der Waals surface area (Å²) in [4.78, 5) is 0. The summed E-state index contributed by atoms with van der Waals surface area (Å²) in [5.41, 5.74) is 6.43. The Balaban J connectivity index is 2.33. The van der Waals surface area contributed by atoms with Crippen LogP contribution in [-0.2, 0) is 0 Å². The van der Waals surface area contributed by atoms with E-state index in [1.165, 1.54) is 0 Å². The minimum atomic E-state index is 0.364. The van der Waals surface area contributed by atoms with Crippen LogP contribution >= 0.6 is 11.8 Å². The topological polar surface area (TPSA) is 56.2 Å². The zero-order valence-corrected chi connectivity index (χ0v) is 8.74. The van der Waals surface area contributed by atoms with Crippen molar-refractivity contribution in [1.82, 2.24) is 14.6 Å². The lowest BCUT2D eigenvalue weighted by atomic mass is 10.5. The lowest BCUT2D eigenvalue weighted by Gasteiger charge is -2.05. The van der Waals surface area contributed by atoms with Gasteiger partial charge in [-0.05, 0) is 12.1 Å². The van der Waals surface area contributed by atoms with Crippen molar-refractivity contribution in [3.63, 3.8) is 0 Å². The van der Waals surface area contributed by atoms with Gasteiger partial charge in [0.25, 0.3) is 0 Å². The van der Waals surface area contributed by atoms with E-state index in [0.29, 0.717) is 11.8 Å². The van der Waals surface area contributed by atoms with Crippen molar-refractivity contribution in [2.24, 2.45) is 5.73 Å². The molecule has 74 valence electrons. The van der Waals surface area contributed by atoms with Crippen molar-refractivity contribution in [1.29, 1.82) is 0 Å². The average Bonchev–Trinajstić information content (AvgIpc) is 2.62. The van der Waals surface area contributed by atoms with Crippen LogP contribution in [0.1, 0.15) is 6.92 Å². The number of fused-ring (bicyclic) bond motifs is 1. The van der Waals surface area contributed by atoms with E-state index in [4.69, 9.17) is 5.73 Å². The first-order chi connectivity index (χ1) is 6.81. The molecule has 14 heavy (non-hydrogen) atoms. The van der Waals surface area contributed by atoms with E-state index in [2.05, 4.69) is 17.1 Å². The average molecular weight is 208 g/mol. The van der Waals surface area contributed by atoms with Crippen molar-refractivity contribution >= 4 is 17.4 Å². The fourth-order valence-corrected chi connectivity index (χ4v) is 1.94. The second-order valence-corrected chi connectivity index (χ2v) is 4.48. The minimum Gasteiger partial charge on any atom is -0.329 e. The first-order valence-corrected chi connectivity index (χ1v) is 5.35. The van der Waals surface area contributed by atoms with Gasteiger partial charge in [-0.2, -0.15) is 0 Å². The molecule has 2 aromatic rings. The highest BCUT2D eigenvalue weighted by atomic mass is 32.2. The van der Waals surface area contributed by atoms with Crippen LogP contribution in [0.4, 0.5) is 0 Å². The summed E-state index contributed by atoms with van der Waals surface area (Å²) in [5, 5.41) is 9.43. The van der Waals surface area contributed by atoms with Crippen LogP contribution in [-0.4, -0.2) is 26.4 Å². The second kappa shape index (κ2) is 3.98. The number of hydrogen-bond donors (Lipinski definition) is 1. The molecule has 1 unspecified atom stereocenters. The number of pyridine rings is 1. The molecule has 0 fully saturated rings. The molecule has 4 nitrogen and oxygen atoms in total. The summed E-state index contributed by atoms with van der Waals surface area (Å²) in [6.45, 7) is 2.72. The van der Waals surface area contributed by atoms with Gasteiger partial charge in [0, 0.05) is 18.0 Å². The zero-order valence-electron chi connectivity index (χ0n) is 7.92. The molecule has 0 aliphatic heterocycles. The van der Waals surface area contributed by atoms with Crippen molar-refractivity contribution in [3.05, 3.63) is 24.4 Å². The molecule has 0 saturated carbocycles. The largest absolute Gasteiger partial charge is 0.329 e. The van der Waals surface area contributed by atoms with Crippen LogP contribution in [0.15, 0.2) is 29.6 Å². The maximum Gasteiger partial charge on any atom is 0.195 e. The number of rotatable bonds is 3. The van der Waals surface area contributed by atoms with E-state index in [-0.39, 0.29) is 0 Å². The van der Waals surface area contributed by atoms with Crippen molar-refractivity contribution in [2.75, 3.05) is 6.54 Å². The lowest BCUT2D eigenvalue weighted by Crippen LogP contribution is -2.12. The minimum absolute atomic E-state index is 0.364. The van der Waals surface area contributed by atoms with Gasteiger partial charge in [-0.1, -0.05) is 24.8 Å². The van der Waals surface area contributed by atoms with Gasteiger partial charge in [0.15, 0.2) is 10.8 Å². The van der Waals surface area contributed by atoms with Gasteiger partial charge >= 0.3 is 0 Å². The molecule has 2 aromatic heterocycles. The number of nitrogens with two attached hydrogens (primary N) is 1. The third kappa shape index (κ3) is 1.73. The summed E-state index contributed by atoms with van der Waals surface area (Å²) in [6.07, 6.45) is 1.96. The molecule has 2 heterocycles. The summed E-state index contributed by atoms with van der Waals surface area (Å²) in [5.74, 6) is 0. The van der Waals surface area contributed by atoms with Crippen molar-refractivity contribution < 1.29 is 0 Å². The third-order valence-corrected chi connectivity index (χ3v) is 3.00. The normalized spacial score (nSPS) is 13.3. The summed E-state index contributed by atoms with van der Waals surface area (Å²) < 4.78 is 1.97. The molecule has 0 saturated heterocycles. The highest BCUT2D eigenvalue weighted by Gasteiger charge is 2.08. The van der Waals surface area contributed by atoms with Crippen LogP contribution < -0.4 is 5.73 Å². The van der Waals surface area contributed by atoms with Gasteiger partial charge in [0.1, 0.15) is 0 Å². The third-order valence-electron chi connectivity index (χ3n) is 1.92. The molecule has 0 amide bonds. The number of hydrogen-bond acceptors (Lipinski definition) is 4. The number of thioether (sulfide) groups is 1. The molecule has 0 aliphatic rings. The van der Waals surface area contributed by atoms with Crippen LogP contribution in [0.3, 0.4) is 0 Å². The van der Waals surface area contributed by atoms with Gasteiger partial charge in [-0.25, -0.2) is 0 Å². The predicted octanol–water partition coefficient (Wildman–Crippen LogP) is 1.17. The van der Waals surface area contributed by atoms with Crippen LogP contribution in [0.25, 0.3) is 5.65 Å². The molecular weight excluding hydrogens is 196 g/mol. The molecule has 2 N–H and O–H groups in total. The highest BCUT2D eigenvalue weighted by Crippen LogP contribution is 2.20. The van der Waals surface area contributed by atoms with Gasteiger partial charge in [-0.15, -0.1) is 10.2 Å². The SMILES string of the molecule is CC(CN)Sc1nnc2ccccn12. The van der Waals surface area contributed by atoms with Crippen molar-refractivity contribution in [3.8, 4) is 0 Å². The van der Waals surface area contributed by atoms with Gasteiger partial charge in [0.05, 0.1) is 0 Å². The summed E-state index contributed by atoms with van der Waals surface area (Å²) in [6, 6.07) is 5.85. The Morgan fingerprint density at radius 1 is 1.50 bits per heavy atom. The first-order valence-electron chi connectivity index (χ1n) is 4.47. The summed E-state index contributed by atoms with van der Waals surface area (Å²) in [7, 11) is 0. The highest BCUT2D eigenvalue weighted by molar-refractivity contribution is 7.99. The number of nitrogens with zero attached hydrogens (tertiary/aromatic N) is 3. The molecule has 0 radical (unpaired) electrons. The molecule has 5 heteroatoms. The molecule has 0 aromatic carbocycles. The molecule has 1 atom stereocenters. The Morgan fingerprint density at radius 2 is 2.36 bits per heavy atom. The predicted molar refractivity (Wildman–Crippen MR) is 57.4 cm³/mol. The van der Waals surface area contributed by atoms with Gasteiger partial charge < -0.3 is 5.73 Å². The van der Waals surface area contributed by atoms with E-state index in [1.807, 2.05) is 28.8 Å². The Bertz CT molecular complexity index is 425. The molecular formula is C9H12N4S. The van der Waals surface area contributed by atoms with E-state index in [1.54, 1.807) is 11.8 Å². The van der Waals surface area contributed by atoms with Gasteiger partial charge in [0.2, 0.25) is 0 Å². The lowest BCUT2D eigenvalue weighted by molar-refractivity contribution is 0.892. The van der Waals surface area contributed by atoms with Gasteiger partial charge in [-0.3, -0.25) is 4.40 Å². The van der Waals surface area contributed by atoms with E-state index >= 15 is 0 Å². The Hall–Kier alpha value is -1.07. The first kappa shape index (κ1) is 9.48. The molecule has 0 spiro atoms. The van der Waals surface area contributed by atoms with Crippen LogP contribution in [0.2, 0.25) is 0 Å². The Labute approximate surface area is 86.5 Å². The number of aromatic nitrogens is 3. The zero-order chi connectivity index (χ0) is 9.97. The fourth-order valence-electron chi connectivity index (χ4n) is 1.13. The van der Waals surface area contributed by atoms with E-state index < -0.39 is 0 Å². The van der Waals surface area contributed by atoms with E-state index in [9.17, 15) is 0 Å². The maximum absolute atomic E-state index is 5.55. The summed E-state index contributed by atoms with van der Waals surface area (Å²) >= 11 is 1.64. The van der Waals surface area contributed by atoms with E-state index in [0.717, 1.165) is 10.8 Å². The molecule has 2 rings (SSSR count).